The van der Waals surface area contributed by atoms with Crippen LogP contribution in [0.2, 0.25) is 0 Å². The lowest BCUT2D eigenvalue weighted by molar-refractivity contribution is -0.114. The maximum Gasteiger partial charge on any atom is 0.330 e. The number of anilines is 1. The van der Waals surface area contributed by atoms with Crippen molar-refractivity contribution in [1.29, 1.82) is 0 Å². The zero-order valence-corrected chi connectivity index (χ0v) is 14.0. The van der Waals surface area contributed by atoms with Crippen molar-refractivity contribution in [2.24, 2.45) is 5.92 Å². The van der Waals surface area contributed by atoms with E-state index in [4.69, 9.17) is 0 Å². The number of amides is 1. The van der Waals surface area contributed by atoms with E-state index in [1.807, 2.05) is 0 Å². The molecule has 1 amide bonds. The zero-order chi connectivity index (χ0) is 17.3. The minimum Gasteiger partial charge on any atom is -0.325 e. The molecule has 7 heteroatoms. The number of nitrogens with one attached hydrogen (secondary N) is 2. The van der Waals surface area contributed by atoms with Crippen molar-refractivity contribution in [1.82, 2.24) is 14.5 Å². The van der Waals surface area contributed by atoms with Crippen LogP contribution < -0.4 is 16.6 Å². The van der Waals surface area contributed by atoms with E-state index >= 15 is 0 Å². The predicted molar refractivity (Wildman–Crippen MR) is 92.2 cm³/mol. The molecule has 1 aliphatic carbocycles. The van der Waals surface area contributed by atoms with Crippen molar-refractivity contribution in [3.8, 4) is 0 Å². The Labute approximate surface area is 139 Å². The van der Waals surface area contributed by atoms with E-state index < -0.39 is 5.69 Å². The summed E-state index contributed by atoms with van der Waals surface area (Å²) in [4.78, 5) is 43.1. The lowest BCUT2D eigenvalue weighted by atomic mass is 9.84. The molecule has 0 bridgehead atoms. The number of carbonyl (C=O) groups excluding carboxylic acids is 1. The van der Waals surface area contributed by atoms with Crippen molar-refractivity contribution in [2.75, 3.05) is 5.32 Å². The van der Waals surface area contributed by atoms with E-state index in [2.05, 4.69) is 22.2 Å². The van der Waals surface area contributed by atoms with Crippen molar-refractivity contribution < 1.29 is 4.79 Å². The highest BCUT2D eigenvalue weighted by Crippen LogP contribution is 2.32. The monoisotopic (exact) mass is 330 g/mol. The first-order valence-corrected chi connectivity index (χ1v) is 8.41. The zero-order valence-electron chi connectivity index (χ0n) is 14.0. The fourth-order valence-electron chi connectivity index (χ4n) is 3.53. The summed E-state index contributed by atoms with van der Waals surface area (Å²) in [5, 5.41) is 2.93. The summed E-state index contributed by atoms with van der Waals surface area (Å²) >= 11 is 0. The van der Waals surface area contributed by atoms with Crippen LogP contribution in [0, 0.1) is 5.92 Å². The highest BCUT2D eigenvalue weighted by molar-refractivity contribution is 5.90. The Hall–Kier alpha value is -2.44. The van der Waals surface area contributed by atoms with Gasteiger partial charge < -0.3 is 5.32 Å². The number of aromatic amines is 1. The Morgan fingerprint density at radius 3 is 2.67 bits per heavy atom. The standard InChI is InChI=1S/C17H22N4O3/c1-3-11-4-6-13(7-5-11)21-16(23)14-8-12(19-10(2)22)9-18-15(14)20-17(21)24/h8-9,11,13H,3-7H2,1-2H3,(H,19,22)(H,18,20,24)/t11-,13-. The smallest absolute Gasteiger partial charge is 0.325 e. The summed E-state index contributed by atoms with van der Waals surface area (Å²) in [6, 6.07) is 1.49. The molecular formula is C17H22N4O3. The number of hydrogen-bond acceptors (Lipinski definition) is 4. The van der Waals surface area contributed by atoms with Gasteiger partial charge in [0.05, 0.1) is 17.3 Å². The van der Waals surface area contributed by atoms with Crippen LogP contribution in [0.5, 0.6) is 0 Å². The van der Waals surface area contributed by atoms with Gasteiger partial charge in [0.1, 0.15) is 5.65 Å². The van der Waals surface area contributed by atoms with Crippen molar-refractivity contribution >= 4 is 22.6 Å². The van der Waals surface area contributed by atoms with E-state index in [0.29, 0.717) is 17.0 Å². The van der Waals surface area contributed by atoms with E-state index in [1.54, 1.807) is 6.07 Å². The Balaban J connectivity index is 2.03. The molecule has 0 aromatic carbocycles. The van der Waals surface area contributed by atoms with Gasteiger partial charge in [0.2, 0.25) is 5.91 Å². The Morgan fingerprint density at radius 2 is 2.04 bits per heavy atom. The summed E-state index contributed by atoms with van der Waals surface area (Å²) < 4.78 is 1.33. The fraction of sp³-hybridized carbons (Fsp3) is 0.529. The molecule has 1 fully saturated rings. The molecule has 0 spiro atoms. The van der Waals surface area contributed by atoms with Crippen LogP contribution in [-0.4, -0.2) is 20.4 Å². The number of fused-ring (bicyclic) bond motifs is 1. The first-order valence-electron chi connectivity index (χ1n) is 8.41. The first kappa shape index (κ1) is 16.4. The Bertz CT molecular complexity index is 876. The third kappa shape index (κ3) is 3.11. The second-order valence-corrected chi connectivity index (χ2v) is 6.49. The van der Waals surface area contributed by atoms with Crippen LogP contribution in [0.4, 0.5) is 5.69 Å². The third-order valence-corrected chi connectivity index (χ3v) is 4.86. The topological polar surface area (TPSA) is 96.8 Å². The number of rotatable bonds is 3. The summed E-state index contributed by atoms with van der Waals surface area (Å²) in [5.41, 5.74) is -0.0568. The molecule has 1 saturated carbocycles. The molecule has 0 radical (unpaired) electrons. The van der Waals surface area contributed by atoms with Gasteiger partial charge in [-0.1, -0.05) is 13.3 Å². The van der Waals surface area contributed by atoms with Gasteiger partial charge >= 0.3 is 5.69 Å². The second kappa shape index (κ2) is 6.59. The van der Waals surface area contributed by atoms with E-state index in [9.17, 15) is 14.4 Å². The van der Waals surface area contributed by atoms with Gasteiger partial charge in [-0.2, -0.15) is 0 Å². The highest BCUT2D eigenvalue weighted by atomic mass is 16.2. The molecule has 24 heavy (non-hydrogen) atoms. The molecule has 128 valence electrons. The summed E-state index contributed by atoms with van der Waals surface area (Å²) in [7, 11) is 0. The fourth-order valence-corrected chi connectivity index (χ4v) is 3.53. The maximum absolute atomic E-state index is 12.8. The van der Waals surface area contributed by atoms with Gasteiger partial charge in [-0.3, -0.25) is 19.1 Å². The molecule has 0 atom stereocenters. The Kier molecular flexibility index (Phi) is 4.51. The van der Waals surface area contributed by atoms with Gasteiger partial charge in [-0.15, -0.1) is 0 Å². The first-order chi connectivity index (χ1) is 11.5. The van der Waals surface area contributed by atoms with Gasteiger partial charge in [0, 0.05) is 13.0 Å². The van der Waals surface area contributed by atoms with Gasteiger partial charge in [0.15, 0.2) is 0 Å². The van der Waals surface area contributed by atoms with E-state index in [-0.39, 0.29) is 23.2 Å². The normalized spacial score (nSPS) is 20.9. The van der Waals surface area contributed by atoms with E-state index in [1.165, 1.54) is 17.7 Å². The number of aromatic nitrogens is 3. The third-order valence-electron chi connectivity index (χ3n) is 4.86. The van der Waals surface area contributed by atoms with Gasteiger partial charge in [-0.25, -0.2) is 9.78 Å². The molecule has 3 rings (SSSR count). The molecule has 2 aromatic heterocycles. The van der Waals surface area contributed by atoms with Crippen LogP contribution in [-0.2, 0) is 4.79 Å². The Morgan fingerprint density at radius 1 is 1.33 bits per heavy atom. The summed E-state index contributed by atoms with van der Waals surface area (Å²) in [5.74, 6) is 0.448. The summed E-state index contributed by atoms with van der Waals surface area (Å²) in [6.45, 7) is 3.57. The van der Waals surface area contributed by atoms with Crippen molar-refractivity contribution in [2.45, 2.75) is 52.0 Å². The predicted octanol–water partition coefficient (Wildman–Crippen LogP) is 2.18. The number of carbonyl (C=O) groups is 1. The minimum absolute atomic E-state index is 0.0714. The molecule has 0 saturated heterocycles. The molecule has 2 N–H and O–H groups in total. The largest absolute Gasteiger partial charge is 0.330 e. The van der Waals surface area contributed by atoms with Gasteiger partial charge in [0.25, 0.3) is 5.56 Å². The van der Waals surface area contributed by atoms with Gasteiger partial charge in [-0.05, 0) is 37.7 Å². The molecular weight excluding hydrogens is 308 g/mol. The summed E-state index contributed by atoms with van der Waals surface area (Å²) in [6.07, 6.45) is 6.32. The molecule has 1 aliphatic rings. The maximum atomic E-state index is 12.8. The highest BCUT2D eigenvalue weighted by Gasteiger charge is 2.24. The lowest BCUT2D eigenvalue weighted by Crippen LogP contribution is -2.39. The lowest BCUT2D eigenvalue weighted by Gasteiger charge is -2.28. The second-order valence-electron chi connectivity index (χ2n) is 6.49. The minimum atomic E-state index is -0.410. The molecule has 0 aliphatic heterocycles. The van der Waals surface area contributed by atoms with Crippen LogP contribution >= 0.6 is 0 Å². The van der Waals surface area contributed by atoms with Crippen LogP contribution in [0.1, 0.15) is 52.0 Å². The number of nitrogens with zero attached hydrogens (tertiary/aromatic N) is 2. The van der Waals surface area contributed by atoms with E-state index in [0.717, 1.165) is 32.1 Å². The quantitative estimate of drug-likeness (QED) is 0.901. The molecule has 2 heterocycles. The molecule has 7 nitrogen and oxygen atoms in total. The van der Waals surface area contributed by atoms with Crippen molar-refractivity contribution in [3.63, 3.8) is 0 Å². The average Bonchev–Trinajstić information content (AvgIpc) is 2.55. The van der Waals surface area contributed by atoms with Crippen LogP contribution in [0.3, 0.4) is 0 Å². The van der Waals surface area contributed by atoms with Crippen LogP contribution in [0.25, 0.3) is 11.0 Å². The van der Waals surface area contributed by atoms with Crippen LogP contribution in [0.15, 0.2) is 21.9 Å². The average molecular weight is 330 g/mol. The number of hydrogen-bond donors (Lipinski definition) is 2. The number of pyridine rings is 1. The molecule has 0 unspecified atom stereocenters. The SMILES string of the molecule is CC[C@H]1CC[C@H](n2c(=O)[nH]c3ncc(NC(C)=O)cc3c2=O)CC1. The van der Waals surface area contributed by atoms with Crippen molar-refractivity contribution in [3.05, 3.63) is 33.1 Å². The molecule has 2 aromatic rings. The number of H-pyrrole nitrogens is 1.